The number of rotatable bonds is 10. The van der Waals surface area contributed by atoms with Crippen LogP contribution in [0.3, 0.4) is 0 Å². The van der Waals surface area contributed by atoms with Gasteiger partial charge < -0.3 is 39.4 Å². The molecule has 0 aliphatic carbocycles. The zero-order valence-corrected chi connectivity index (χ0v) is 28.1. The summed E-state index contributed by atoms with van der Waals surface area (Å²) in [6, 6.07) is 12.9. The standard InChI is InChI=1S/C13H11ClO5.C13H12O6.C9H8O4/c1-8(15)18-11-5-3-10(4-6-13(14)17)7-12(11)19-9(2)16;1-8(14)18-11-5-3-10(4-6-13(16)17)7-12(11)19-9(2)15;10-7-3-1-6(5-8(7)11)2-4-9(12)13/h3-7H,1-2H3;3-7H,1-2H3,(H,16,17);1-5,10-11H,(H,12,13)/b2*6-4+;4-2+. The van der Waals surface area contributed by atoms with Gasteiger partial charge in [-0.1, -0.05) is 24.3 Å². The molecular formula is C35H31ClO15. The van der Waals surface area contributed by atoms with Gasteiger partial charge in [0.25, 0.3) is 0 Å². The summed E-state index contributed by atoms with van der Waals surface area (Å²) in [6.45, 7) is 4.88. The maximum atomic E-state index is 11.0. The monoisotopic (exact) mass is 726 g/mol. The molecule has 0 atom stereocenters. The predicted octanol–water partition coefficient (Wildman–Crippen LogP) is 5.15. The van der Waals surface area contributed by atoms with Crippen molar-refractivity contribution >= 4 is 70.9 Å². The van der Waals surface area contributed by atoms with Crippen molar-refractivity contribution in [2.24, 2.45) is 0 Å². The van der Waals surface area contributed by atoms with Gasteiger partial charge in [0.1, 0.15) is 0 Å². The van der Waals surface area contributed by atoms with Crippen molar-refractivity contribution in [1.82, 2.24) is 0 Å². The third kappa shape index (κ3) is 18.4. The highest BCUT2D eigenvalue weighted by Gasteiger charge is 2.12. The Morgan fingerprint density at radius 1 is 0.490 bits per heavy atom. The second-order valence-electron chi connectivity index (χ2n) is 9.52. The van der Waals surface area contributed by atoms with E-state index < -0.39 is 41.1 Å². The van der Waals surface area contributed by atoms with Crippen LogP contribution in [0.5, 0.6) is 34.5 Å². The van der Waals surface area contributed by atoms with Crippen LogP contribution in [0, 0.1) is 0 Å². The molecule has 0 heterocycles. The average Bonchev–Trinajstić information content (AvgIpc) is 3.01. The fourth-order valence-electron chi connectivity index (χ4n) is 3.35. The number of hydrogen-bond donors (Lipinski definition) is 4. The van der Waals surface area contributed by atoms with Gasteiger partial charge in [0.05, 0.1) is 0 Å². The Morgan fingerprint density at radius 3 is 1.16 bits per heavy atom. The molecule has 0 fully saturated rings. The highest BCUT2D eigenvalue weighted by Crippen LogP contribution is 2.30. The Kier molecular flexibility index (Phi) is 17.6. The summed E-state index contributed by atoms with van der Waals surface area (Å²) in [7, 11) is 0. The van der Waals surface area contributed by atoms with Crippen LogP contribution in [0.1, 0.15) is 44.4 Å². The first kappa shape index (κ1) is 42.3. The summed E-state index contributed by atoms with van der Waals surface area (Å²) >= 11 is 5.17. The number of hydrogen-bond acceptors (Lipinski definition) is 13. The van der Waals surface area contributed by atoms with Gasteiger partial charge in [-0.05, 0) is 82.9 Å². The number of allylic oxidation sites excluding steroid dienone is 1. The fraction of sp³-hybridized carbons (Fsp3) is 0.114. The van der Waals surface area contributed by atoms with Crippen LogP contribution < -0.4 is 18.9 Å². The summed E-state index contributed by atoms with van der Waals surface area (Å²) < 4.78 is 19.6. The number of carbonyl (C=O) groups is 7. The first-order chi connectivity index (χ1) is 23.9. The summed E-state index contributed by atoms with van der Waals surface area (Å²) in [4.78, 5) is 74.9. The molecule has 0 radical (unpaired) electrons. The number of aromatic hydroxyl groups is 2. The normalized spacial score (nSPS) is 10.3. The van der Waals surface area contributed by atoms with Crippen molar-refractivity contribution in [3.8, 4) is 34.5 Å². The van der Waals surface area contributed by atoms with E-state index in [1.165, 1.54) is 94.5 Å². The van der Waals surface area contributed by atoms with E-state index in [1.54, 1.807) is 6.07 Å². The molecule has 15 nitrogen and oxygen atoms in total. The lowest BCUT2D eigenvalue weighted by Crippen LogP contribution is -2.07. The first-order valence-electron chi connectivity index (χ1n) is 14.1. The maximum Gasteiger partial charge on any atom is 0.328 e. The summed E-state index contributed by atoms with van der Waals surface area (Å²) in [5.41, 5.74) is 1.58. The molecule has 16 heteroatoms. The van der Waals surface area contributed by atoms with Crippen LogP contribution in [0.15, 0.2) is 72.8 Å². The minimum absolute atomic E-state index is 0.0511. The number of phenols is 2. The number of carboxylic acids is 2. The van der Waals surface area contributed by atoms with Crippen molar-refractivity contribution < 1.29 is 72.9 Å². The van der Waals surface area contributed by atoms with Crippen molar-refractivity contribution in [3.63, 3.8) is 0 Å². The Hall–Kier alpha value is -6.74. The molecule has 0 bridgehead atoms. The van der Waals surface area contributed by atoms with E-state index in [2.05, 4.69) is 0 Å². The molecule has 51 heavy (non-hydrogen) atoms. The van der Waals surface area contributed by atoms with Gasteiger partial charge in [0.2, 0.25) is 5.24 Å². The molecule has 0 unspecified atom stereocenters. The number of aliphatic carboxylic acids is 2. The van der Waals surface area contributed by atoms with Gasteiger partial charge in [-0.15, -0.1) is 0 Å². The Morgan fingerprint density at radius 2 is 0.824 bits per heavy atom. The van der Waals surface area contributed by atoms with E-state index in [0.29, 0.717) is 16.7 Å². The van der Waals surface area contributed by atoms with Crippen molar-refractivity contribution in [2.45, 2.75) is 27.7 Å². The SMILES string of the molecule is CC(=O)Oc1ccc(/C=C/C(=O)Cl)cc1OC(C)=O.CC(=O)Oc1ccc(/C=C/C(=O)O)cc1OC(C)=O.O=C(O)/C=C/c1ccc(O)c(O)c1. The second kappa shape index (κ2) is 21.3. The zero-order valence-electron chi connectivity index (χ0n) is 27.3. The smallest absolute Gasteiger partial charge is 0.328 e. The van der Waals surface area contributed by atoms with Crippen LogP contribution in [0.2, 0.25) is 0 Å². The topological polar surface area (TPSA) is 237 Å². The Bertz CT molecular complexity index is 1770. The third-order valence-electron chi connectivity index (χ3n) is 5.19. The van der Waals surface area contributed by atoms with E-state index in [9.17, 15) is 33.6 Å². The largest absolute Gasteiger partial charge is 0.504 e. The first-order valence-corrected chi connectivity index (χ1v) is 14.5. The number of esters is 4. The molecule has 0 amide bonds. The van der Waals surface area contributed by atoms with E-state index in [0.717, 1.165) is 18.2 Å². The molecule has 3 aromatic rings. The molecule has 0 spiro atoms. The quantitative estimate of drug-likeness (QED) is 0.0695. The molecule has 4 N–H and O–H groups in total. The molecule has 0 aliphatic heterocycles. The summed E-state index contributed by atoms with van der Waals surface area (Å²) in [5, 5.41) is 34.2. The Balaban J connectivity index is 0.000000390. The lowest BCUT2D eigenvalue weighted by atomic mass is 10.2. The molecule has 0 aromatic heterocycles. The lowest BCUT2D eigenvalue weighted by molar-refractivity contribution is -0.134. The van der Waals surface area contributed by atoms with Crippen LogP contribution in [0.25, 0.3) is 18.2 Å². The minimum atomic E-state index is -1.10. The lowest BCUT2D eigenvalue weighted by Gasteiger charge is -2.09. The van der Waals surface area contributed by atoms with Gasteiger partial charge in [0, 0.05) is 39.8 Å². The van der Waals surface area contributed by atoms with E-state index >= 15 is 0 Å². The molecule has 0 saturated carbocycles. The number of halogens is 1. The number of benzene rings is 3. The molecule has 0 aliphatic rings. The average molecular weight is 727 g/mol. The number of carbonyl (C=O) groups excluding carboxylic acids is 5. The Labute approximate surface area is 295 Å². The van der Waals surface area contributed by atoms with Gasteiger partial charge in [0.15, 0.2) is 34.5 Å². The molecule has 0 saturated heterocycles. The van der Waals surface area contributed by atoms with Gasteiger partial charge in [-0.3, -0.25) is 24.0 Å². The van der Waals surface area contributed by atoms with Crippen molar-refractivity contribution in [1.29, 1.82) is 0 Å². The highest BCUT2D eigenvalue weighted by atomic mass is 35.5. The van der Waals surface area contributed by atoms with E-state index in [4.69, 9.17) is 51.0 Å². The van der Waals surface area contributed by atoms with Crippen LogP contribution in [-0.2, 0) is 33.6 Å². The van der Waals surface area contributed by atoms with Crippen LogP contribution in [0.4, 0.5) is 0 Å². The van der Waals surface area contributed by atoms with Crippen molar-refractivity contribution in [3.05, 3.63) is 89.5 Å². The minimum Gasteiger partial charge on any atom is -0.504 e. The van der Waals surface area contributed by atoms with E-state index in [1.807, 2.05) is 0 Å². The maximum absolute atomic E-state index is 11.0. The number of carboxylic acid groups (broad SMARTS) is 2. The second-order valence-corrected chi connectivity index (χ2v) is 9.89. The van der Waals surface area contributed by atoms with Crippen LogP contribution in [-0.4, -0.2) is 61.5 Å². The highest BCUT2D eigenvalue weighted by molar-refractivity contribution is 6.66. The van der Waals surface area contributed by atoms with Gasteiger partial charge in [-0.25, -0.2) is 9.59 Å². The third-order valence-corrected chi connectivity index (χ3v) is 5.32. The fourth-order valence-corrected chi connectivity index (χ4v) is 3.41. The van der Waals surface area contributed by atoms with Gasteiger partial charge >= 0.3 is 35.8 Å². The summed E-state index contributed by atoms with van der Waals surface area (Å²) in [5.74, 6) is -4.52. The predicted molar refractivity (Wildman–Crippen MR) is 181 cm³/mol. The number of phenolic OH excluding ortho intramolecular Hbond substituents is 2. The molecular weight excluding hydrogens is 696 g/mol. The van der Waals surface area contributed by atoms with Crippen molar-refractivity contribution in [2.75, 3.05) is 0 Å². The van der Waals surface area contributed by atoms with E-state index in [-0.39, 0.29) is 34.5 Å². The molecule has 3 aromatic carbocycles. The molecule has 268 valence electrons. The number of ether oxygens (including phenoxy) is 4. The summed E-state index contributed by atoms with van der Waals surface area (Å²) in [6.07, 6.45) is 7.14. The van der Waals surface area contributed by atoms with Gasteiger partial charge in [-0.2, -0.15) is 0 Å². The zero-order chi connectivity index (χ0) is 38.7. The van der Waals surface area contributed by atoms with Crippen LogP contribution >= 0.6 is 11.6 Å². The molecule has 3 rings (SSSR count).